The number of methoxy groups -OCH3 is 3. The fraction of sp³-hybridized carbons (Fsp3) is 0.389. The molecule has 0 spiro atoms. The highest BCUT2D eigenvalue weighted by Gasteiger charge is 2.33. The van der Waals surface area contributed by atoms with Crippen LogP contribution in [0.5, 0.6) is 11.6 Å². The summed E-state index contributed by atoms with van der Waals surface area (Å²) in [5.41, 5.74) is 0.535. The van der Waals surface area contributed by atoms with Crippen LogP contribution in [-0.2, 0) is 19.0 Å². The van der Waals surface area contributed by atoms with Crippen LogP contribution in [0.4, 0.5) is 0 Å². The molecule has 0 amide bonds. The molecule has 0 saturated carbocycles. The standard InChI is InChI=1S/C16H17ClN2O5.C2H6/c1-21-15(20)14(16(22-2)23-3)10-6-4-5-7-11(10)24-13-8-12(17)18-9-19-13;1-2/h4-9,14,16H,1-3H3;1-2H3. The average Bonchev–Trinajstić information content (AvgIpc) is 2.68. The quantitative estimate of drug-likeness (QED) is 0.409. The smallest absolute Gasteiger partial charge is 0.318 e. The van der Waals surface area contributed by atoms with Crippen LogP contribution in [0.3, 0.4) is 0 Å². The van der Waals surface area contributed by atoms with Gasteiger partial charge in [0.1, 0.15) is 23.1 Å². The van der Waals surface area contributed by atoms with Gasteiger partial charge in [-0.15, -0.1) is 0 Å². The number of nitrogens with zero attached hydrogens (tertiary/aromatic N) is 2. The van der Waals surface area contributed by atoms with Crippen LogP contribution in [0.2, 0.25) is 5.15 Å². The molecule has 0 N–H and O–H groups in total. The minimum Gasteiger partial charge on any atom is -0.468 e. The van der Waals surface area contributed by atoms with Gasteiger partial charge in [-0.3, -0.25) is 4.79 Å². The second-order valence-electron chi connectivity index (χ2n) is 4.66. The number of aromatic nitrogens is 2. The molecule has 2 rings (SSSR count). The normalized spacial score (nSPS) is 11.3. The minimum absolute atomic E-state index is 0.244. The molecule has 0 saturated heterocycles. The summed E-state index contributed by atoms with van der Waals surface area (Å²) in [6.45, 7) is 4.00. The van der Waals surface area contributed by atoms with Crippen molar-refractivity contribution in [2.75, 3.05) is 21.3 Å². The van der Waals surface area contributed by atoms with Crippen LogP contribution < -0.4 is 4.74 Å². The Labute approximate surface area is 158 Å². The van der Waals surface area contributed by atoms with E-state index >= 15 is 0 Å². The molecule has 2 aromatic rings. The van der Waals surface area contributed by atoms with Gasteiger partial charge in [-0.1, -0.05) is 43.6 Å². The van der Waals surface area contributed by atoms with Crippen molar-refractivity contribution in [2.24, 2.45) is 0 Å². The third-order valence-electron chi connectivity index (χ3n) is 3.27. The van der Waals surface area contributed by atoms with Crippen LogP contribution in [0.15, 0.2) is 36.7 Å². The fourth-order valence-electron chi connectivity index (χ4n) is 2.20. The Balaban J connectivity index is 0.00000163. The van der Waals surface area contributed by atoms with E-state index in [1.165, 1.54) is 33.7 Å². The second-order valence-corrected chi connectivity index (χ2v) is 5.05. The summed E-state index contributed by atoms with van der Waals surface area (Å²) in [7, 11) is 4.18. The van der Waals surface area contributed by atoms with Crippen LogP contribution in [0.25, 0.3) is 0 Å². The zero-order valence-corrected chi connectivity index (χ0v) is 16.2. The van der Waals surface area contributed by atoms with Gasteiger partial charge >= 0.3 is 5.97 Å². The highest BCUT2D eigenvalue weighted by atomic mass is 35.5. The van der Waals surface area contributed by atoms with Crippen LogP contribution in [0.1, 0.15) is 25.3 Å². The summed E-state index contributed by atoms with van der Waals surface area (Å²) in [6, 6.07) is 8.43. The van der Waals surface area contributed by atoms with E-state index in [2.05, 4.69) is 9.97 Å². The van der Waals surface area contributed by atoms with E-state index in [9.17, 15) is 4.79 Å². The van der Waals surface area contributed by atoms with Gasteiger partial charge in [0.05, 0.1) is 7.11 Å². The van der Waals surface area contributed by atoms with Gasteiger partial charge in [-0.2, -0.15) is 0 Å². The van der Waals surface area contributed by atoms with E-state index in [4.69, 9.17) is 30.5 Å². The van der Waals surface area contributed by atoms with Crippen molar-refractivity contribution in [1.82, 2.24) is 9.97 Å². The van der Waals surface area contributed by atoms with Crippen LogP contribution in [0, 0.1) is 0 Å². The molecule has 1 heterocycles. The van der Waals surface area contributed by atoms with Crippen molar-refractivity contribution in [1.29, 1.82) is 0 Å². The Bertz CT molecular complexity index is 695. The predicted octanol–water partition coefficient (Wildman–Crippen LogP) is 3.82. The van der Waals surface area contributed by atoms with Crippen molar-refractivity contribution in [3.8, 4) is 11.6 Å². The summed E-state index contributed by atoms with van der Waals surface area (Å²) in [4.78, 5) is 20.0. The number of benzene rings is 1. The third-order valence-corrected chi connectivity index (χ3v) is 3.48. The number of rotatable bonds is 7. The molecule has 0 aliphatic heterocycles. The largest absolute Gasteiger partial charge is 0.468 e. The average molecular weight is 383 g/mol. The first-order valence-corrected chi connectivity index (χ1v) is 8.36. The van der Waals surface area contributed by atoms with E-state index in [0.717, 1.165) is 0 Å². The number of halogens is 1. The number of hydrogen-bond acceptors (Lipinski definition) is 7. The Morgan fingerprint density at radius 3 is 2.31 bits per heavy atom. The fourth-order valence-corrected chi connectivity index (χ4v) is 2.33. The monoisotopic (exact) mass is 382 g/mol. The zero-order valence-electron chi connectivity index (χ0n) is 15.4. The molecule has 142 valence electrons. The van der Waals surface area contributed by atoms with Gasteiger partial charge in [0.2, 0.25) is 5.88 Å². The minimum atomic E-state index is -0.837. The van der Waals surface area contributed by atoms with E-state index in [0.29, 0.717) is 11.3 Å². The lowest BCUT2D eigenvalue weighted by molar-refractivity contribution is -0.163. The first-order chi connectivity index (χ1) is 12.6. The number of para-hydroxylation sites is 1. The van der Waals surface area contributed by atoms with E-state index < -0.39 is 18.2 Å². The van der Waals surface area contributed by atoms with E-state index in [-0.39, 0.29) is 11.0 Å². The highest BCUT2D eigenvalue weighted by Crippen LogP contribution is 2.34. The lowest BCUT2D eigenvalue weighted by Crippen LogP contribution is -2.30. The number of esters is 1. The Kier molecular flexibility index (Phi) is 9.57. The molecule has 0 bridgehead atoms. The lowest BCUT2D eigenvalue weighted by atomic mass is 9.97. The van der Waals surface area contributed by atoms with Crippen LogP contribution >= 0.6 is 11.6 Å². The predicted molar refractivity (Wildman–Crippen MR) is 97.5 cm³/mol. The van der Waals surface area contributed by atoms with Gasteiger partial charge < -0.3 is 18.9 Å². The molecule has 0 radical (unpaired) electrons. The summed E-state index contributed by atoms with van der Waals surface area (Å²) >= 11 is 5.84. The lowest BCUT2D eigenvalue weighted by Gasteiger charge is -2.24. The second kappa shape index (κ2) is 11.4. The van der Waals surface area contributed by atoms with Gasteiger partial charge in [-0.25, -0.2) is 9.97 Å². The molecule has 26 heavy (non-hydrogen) atoms. The maximum Gasteiger partial charge on any atom is 0.318 e. The number of carbonyl (C=O) groups is 1. The first-order valence-electron chi connectivity index (χ1n) is 7.98. The van der Waals surface area contributed by atoms with Gasteiger partial charge in [0.25, 0.3) is 0 Å². The first kappa shape index (κ1) is 21.8. The maximum atomic E-state index is 12.2. The van der Waals surface area contributed by atoms with Crippen molar-refractivity contribution < 1.29 is 23.7 Å². The Hall–Kier alpha value is -2.22. The molecule has 1 aromatic heterocycles. The van der Waals surface area contributed by atoms with Gasteiger partial charge in [-0.05, 0) is 6.07 Å². The number of carbonyl (C=O) groups excluding carboxylic acids is 1. The molecule has 1 unspecified atom stereocenters. The summed E-state index contributed by atoms with van der Waals surface area (Å²) < 4.78 is 21.1. The number of ether oxygens (including phenoxy) is 4. The van der Waals surface area contributed by atoms with E-state index in [1.54, 1.807) is 24.3 Å². The zero-order chi connectivity index (χ0) is 19.5. The molecular formula is C18H23ClN2O5. The molecular weight excluding hydrogens is 360 g/mol. The molecule has 0 aliphatic rings. The Morgan fingerprint density at radius 2 is 1.73 bits per heavy atom. The Morgan fingerprint density at radius 1 is 1.08 bits per heavy atom. The SMILES string of the molecule is CC.COC(=O)C(c1ccccc1Oc1cc(Cl)ncn1)C(OC)OC. The van der Waals surface area contributed by atoms with Crippen molar-refractivity contribution in [3.05, 3.63) is 47.4 Å². The summed E-state index contributed by atoms with van der Waals surface area (Å²) in [6.07, 6.45) is 0.446. The maximum absolute atomic E-state index is 12.2. The molecule has 8 heteroatoms. The summed E-state index contributed by atoms with van der Waals surface area (Å²) in [5, 5.41) is 0.244. The van der Waals surface area contributed by atoms with Crippen molar-refractivity contribution >= 4 is 17.6 Å². The van der Waals surface area contributed by atoms with Gasteiger partial charge in [0.15, 0.2) is 6.29 Å². The van der Waals surface area contributed by atoms with Crippen molar-refractivity contribution in [2.45, 2.75) is 26.1 Å². The van der Waals surface area contributed by atoms with E-state index in [1.807, 2.05) is 13.8 Å². The molecule has 0 fully saturated rings. The molecule has 7 nitrogen and oxygen atoms in total. The van der Waals surface area contributed by atoms with Crippen LogP contribution in [-0.4, -0.2) is 43.6 Å². The van der Waals surface area contributed by atoms with Crippen molar-refractivity contribution in [3.63, 3.8) is 0 Å². The molecule has 0 aliphatic carbocycles. The third kappa shape index (κ3) is 5.66. The molecule has 1 aromatic carbocycles. The highest BCUT2D eigenvalue weighted by molar-refractivity contribution is 6.29. The number of hydrogen-bond donors (Lipinski definition) is 0. The van der Waals surface area contributed by atoms with Gasteiger partial charge in [0, 0.05) is 25.8 Å². The molecule has 1 atom stereocenters. The topological polar surface area (TPSA) is 79.8 Å². The summed E-state index contributed by atoms with van der Waals surface area (Å²) in [5.74, 6) is -0.696.